The van der Waals surface area contributed by atoms with Gasteiger partial charge in [-0.2, -0.15) is 0 Å². The number of nitrogens with two attached hydrogens (primary N) is 1. The summed E-state index contributed by atoms with van der Waals surface area (Å²) in [5.74, 6) is 0. The Labute approximate surface area is 123 Å². The zero-order valence-corrected chi connectivity index (χ0v) is 12.9. The van der Waals surface area contributed by atoms with Crippen molar-refractivity contribution in [2.75, 3.05) is 0 Å². The van der Waals surface area contributed by atoms with Gasteiger partial charge >= 0.3 is 0 Å². The number of rotatable bonds is 6. The van der Waals surface area contributed by atoms with Gasteiger partial charge in [0.25, 0.3) is 0 Å². The molecule has 3 N–H and O–H groups in total. The minimum Gasteiger partial charge on any atom is -0.326 e. The fourth-order valence-corrected chi connectivity index (χ4v) is 4.21. The van der Waals surface area contributed by atoms with Crippen LogP contribution >= 0.6 is 11.3 Å². The summed E-state index contributed by atoms with van der Waals surface area (Å²) in [5.41, 5.74) is 7.51. The van der Waals surface area contributed by atoms with Crippen LogP contribution < -0.4 is 10.5 Å². The van der Waals surface area contributed by atoms with Crippen molar-refractivity contribution >= 4 is 21.4 Å². The highest BCUT2D eigenvalue weighted by Crippen LogP contribution is 2.22. The molecule has 0 aliphatic rings. The third-order valence-electron chi connectivity index (χ3n) is 3.04. The number of benzene rings is 1. The lowest BCUT2D eigenvalue weighted by Gasteiger charge is -2.08. The van der Waals surface area contributed by atoms with Crippen LogP contribution in [0.2, 0.25) is 0 Å². The van der Waals surface area contributed by atoms with Crippen molar-refractivity contribution in [2.24, 2.45) is 5.73 Å². The highest BCUT2D eigenvalue weighted by molar-refractivity contribution is 7.91. The number of aryl methyl sites for hydroxylation is 1. The predicted octanol–water partition coefficient (Wildman–Crippen LogP) is 2.25. The van der Waals surface area contributed by atoms with Crippen LogP contribution in [-0.2, 0) is 29.5 Å². The first-order chi connectivity index (χ1) is 9.56. The van der Waals surface area contributed by atoms with Crippen LogP contribution in [0.4, 0.5) is 0 Å². The van der Waals surface area contributed by atoms with E-state index in [4.69, 9.17) is 5.73 Å². The molecule has 108 valence electrons. The number of thiophene rings is 1. The smallest absolute Gasteiger partial charge is 0.250 e. The topological polar surface area (TPSA) is 72.2 Å². The van der Waals surface area contributed by atoms with Crippen LogP contribution in [0.5, 0.6) is 0 Å². The Balaban J connectivity index is 2.13. The molecule has 0 fully saturated rings. The monoisotopic (exact) mass is 310 g/mol. The Hall–Kier alpha value is -1.21. The largest absolute Gasteiger partial charge is 0.326 e. The third-order valence-corrected chi connectivity index (χ3v) is 6.16. The second kappa shape index (κ2) is 6.49. The average molecular weight is 310 g/mol. The molecule has 0 bridgehead atoms. The number of nitrogens with one attached hydrogen (secondary N) is 1. The highest BCUT2D eigenvalue weighted by Gasteiger charge is 2.16. The summed E-state index contributed by atoms with van der Waals surface area (Å²) < 4.78 is 27.4. The molecule has 0 saturated heterocycles. The molecule has 0 aliphatic carbocycles. The Morgan fingerprint density at radius 2 is 1.85 bits per heavy atom. The second-order valence-electron chi connectivity index (χ2n) is 4.37. The minimum absolute atomic E-state index is 0.259. The van der Waals surface area contributed by atoms with Gasteiger partial charge in [0.15, 0.2) is 0 Å². The highest BCUT2D eigenvalue weighted by atomic mass is 32.2. The van der Waals surface area contributed by atoms with E-state index in [1.54, 1.807) is 6.07 Å². The molecular weight excluding hydrogens is 292 g/mol. The number of sulfonamides is 1. The van der Waals surface area contributed by atoms with Gasteiger partial charge < -0.3 is 5.73 Å². The minimum atomic E-state index is -3.45. The van der Waals surface area contributed by atoms with E-state index in [1.807, 2.05) is 37.3 Å². The van der Waals surface area contributed by atoms with Gasteiger partial charge in [-0.3, -0.25) is 0 Å². The summed E-state index contributed by atoms with van der Waals surface area (Å²) in [6.07, 6.45) is 0.843. The Kier molecular flexibility index (Phi) is 4.93. The first kappa shape index (κ1) is 15.2. The molecule has 1 aromatic carbocycles. The molecule has 1 aromatic heterocycles. The quantitative estimate of drug-likeness (QED) is 0.859. The average Bonchev–Trinajstić information content (AvgIpc) is 2.95. The van der Waals surface area contributed by atoms with Crippen LogP contribution in [-0.4, -0.2) is 8.42 Å². The maximum absolute atomic E-state index is 12.2. The lowest BCUT2D eigenvalue weighted by molar-refractivity contribution is 0.583. The van der Waals surface area contributed by atoms with E-state index < -0.39 is 10.0 Å². The summed E-state index contributed by atoms with van der Waals surface area (Å²) in [7, 11) is -3.45. The summed E-state index contributed by atoms with van der Waals surface area (Å²) in [6.45, 7) is 2.67. The zero-order valence-electron chi connectivity index (χ0n) is 11.3. The van der Waals surface area contributed by atoms with Gasteiger partial charge in [0.05, 0.1) is 0 Å². The van der Waals surface area contributed by atoms with Crippen molar-refractivity contribution in [3.8, 4) is 0 Å². The first-order valence-electron chi connectivity index (χ1n) is 6.42. The van der Waals surface area contributed by atoms with Gasteiger partial charge in [0.1, 0.15) is 4.21 Å². The molecule has 0 radical (unpaired) electrons. The van der Waals surface area contributed by atoms with Crippen molar-refractivity contribution < 1.29 is 8.42 Å². The van der Waals surface area contributed by atoms with E-state index in [-0.39, 0.29) is 6.54 Å². The van der Waals surface area contributed by atoms with Crippen LogP contribution in [0.15, 0.2) is 40.6 Å². The van der Waals surface area contributed by atoms with E-state index in [0.717, 1.165) is 22.4 Å². The molecule has 20 heavy (non-hydrogen) atoms. The molecule has 4 nitrogen and oxygen atoms in total. The van der Waals surface area contributed by atoms with E-state index in [9.17, 15) is 8.42 Å². The summed E-state index contributed by atoms with van der Waals surface area (Å²) >= 11 is 1.31. The van der Waals surface area contributed by atoms with Crippen molar-refractivity contribution in [1.29, 1.82) is 0 Å². The van der Waals surface area contributed by atoms with E-state index in [2.05, 4.69) is 4.72 Å². The fourth-order valence-electron chi connectivity index (χ4n) is 1.87. The summed E-state index contributed by atoms with van der Waals surface area (Å²) in [5, 5.41) is 0. The van der Waals surface area contributed by atoms with Crippen LogP contribution in [0.1, 0.15) is 22.9 Å². The van der Waals surface area contributed by atoms with Crippen LogP contribution in [0.3, 0.4) is 0 Å². The molecule has 1 heterocycles. The molecule has 0 unspecified atom stereocenters. The van der Waals surface area contributed by atoms with Crippen molar-refractivity contribution in [1.82, 2.24) is 4.72 Å². The predicted molar refractivity (Wildman–Crippen MR) is 82.1 cm³/mol. The molecular formula is C14H18N2O2S2. The molecule has 0 saturated carbocycles. The van der Waals surface area contributed by atoms with Crippen molar-refractivity contribution in [2.45, 2.75) is 30.6 Å². The molecule has 0 atom stereocenters. The van der Waals surface area contributed by atoms with Gasteiger partial charge in [-0.1, -0.05) is 31.2 Å². The summed E-state index contributed by atoms with van der Waals surface area (Å²) in [4.78, 5) is 1.06. The standard InChI is InChI=1S/C14H18N2O2S2/c1-2-13-7-8-14(19-13)20(17,18)16-10-12-6-4-3-5-11(12)9-15/h3-8,16H,2,9-10,15H2,1H3. The normalized spacial score (nSPS) is 11.7. The Bertz CT molecular complexity index is 678. The molecule has 0 aliphatic heterocycles. The SMILES string of the molecule is CCc1ccc(S(=O)(=O)NCc2ccccc2CN)s1. The van der Waals surface area contributed by atoms with Crippen molar-refractivity contribution in [3.05, 3.63) is 52.4 Å². The maximum Gasteiger partial charge on any atom is 0.250 e. The molecule has 2 aromatic rings. The second-order valence-corrected chi connectivity index (χ2v) is 7.53. The lowest BCUT2D eigenvalue weighted by atomic mass is 10.1. The van der Waals surface area contributed by atoms with Gasteiger partial charge in [-0.25, -0.2) is 13.1 Å². The first-order valence-corrected chi connectivity index (χ1v) is 8.72. The van der Waals surface area contributed by atoms with Crippen molar-refractivity contribution in [3.63, 3.8) is 0 Å². The summed E-state index contributed by atoms with van der Waals surface area (Å²) in [6, 6.07) is 11.1. The van der Waals surface area contributed by atoms with E-state index in [0.29, 0.717) is 10.8 Å². The van der Waals surface area contributed by atoms with Gasteiger partial charge in [0.2, 0.25) is 10.0 Å². The maximum atomic E-state index is 12.2. The van der Waals surface area contributed by atoms with Gasteiger partial charge in [-0.15, -0.1) is 11.3 Å². The van der Waals surface area contributed by atoms with Crippen LogP contribution in [0.25, 0.3) is 0 Å². The number of hydrogen-bond donors (Lipinski definition) is 2. The molecule has 2 rings (SSSR count). The molecule has 6 heteroatoms. The fraction of sp³-hybridized carbons (Fsp3) is 0.286. The van der Waals surface area contributed by atoms with Gasteiger partial charge in [-0.05, 0) is 29.7 Å². The van der Waals surface area contributed by atoms with Gasteiger partial charge in [0, 0.05) is 18.0 Å². The van der Waals surface area contributed by atoms with E-state index in [1.165, 1.54) is 11.3 Å². The van der Waals surface area contributed by atoms with Crippen LogP contribution in [0, 0.1) is 0 Å². The Morgan fingerprint density at radius 1 is 1.15 bits per heavy atom. The Morgan fingerprint density at radius 3 is 2.45 bits per heavy atom. The lowest BCUT2D eigenvalue weighted by Crippen LogP contribution is -2.23. The third kappa shape index (κ3) is 3.46. The zero-order chi connectivity index (χ0) is 14.6. The number of hydrogen-bond acceptors (Lipinski definition) is 4. The molecule has 0 spiro atoms. The molecule has 0 amide bonds. The van der Waals surface area contributed by atoms with E-state index >= 15 is 0 Å².